The van der Waals surface area contributed by atoms with Crippen LogP contribution >= 0.6 is 11.3 Å². The standard InChI is InChI=1S/C14H19N7O2S/c1-20-4-2-9-10(8-20)24-13-11(9)12(15-3-6-23-7-5-22)16-14-17-18-19-21(13)14/h22H,2-8H2,1H3,(H,15,16,17,19). The Morgan fingerprint density at radius 1 is 1.38 bits per heavy atom. The first-order chi connectivity index (χ1) is 11.8. The van der Waals surface area contributed by atoms with Crippen molar-refractivity contribution in [2.75, 3.05) is 45.3 Å². The minimum Gasteiger partial charge on any atom is -0.394 e. The van der Waals surface area contributed by atoms with Crippen LogP contribution in [0.5, 0.6) is 0 Å². The molecule has 0 saturated carbocycles. The fourth-order valence-corrected chi connectivity index (χ4v) is 4.36. The Morgan fingerprint density at radius 3 is 3.17 bits per heavy atom. The topological polar surface area (TPSA) is 101 Å². The van der Waals surface area contributed by atoms with Gasteiger partial charge in [-0.15, -0.1) is 11.3 Å². The van der Waals surface area contributed by atoms with E-state index in [9.17, 15) is 0 Å². The third-order valence-electron chi connectivity index (χ3n) is 4.10. The molecule has 2 N–H and O–H groups in total. The molecule has 0 spiro atoms. The molecular weight excluding hydrogens is 330 g/mol. The first kappa shape index (κ1) is 15.6. The average molecular weight is 349 g/mol. The Labute approximate surface area is 142 Å². The van der Waals surface area contributed by atoms with E-state index in [0.717, 1.165) is 35.5 Å². The number of anilines is 1. The Bertz CT molecular complexity index is 862. The van der Waals surface area contributed by atoms with Crippen LogP contribution in [0.2, 0.25) is 0 Å². The van der Waals surface area contributed by atoms with E-state index in [4.69, 9.17) is 9.84 Å². The molecular formula is C14H19N7O2S. The molecule has 4 rings (SSSR count). The van der Waals surface area contributed by atoms with Crippen molar-refractivity contribution >= 4 is 33.1 Å². The molecule has 0 saturated heterocycles. The minimum atomic E-state index is 0.0332. The van der Waals surface area contributed by atoms with E-state index < -0.39 is 0 Å². The van der Waals surface area contributed by atoms with Crippen LogP contribution in [0.4, 0.5) is 5.82 Å². The lowest BCUT2D eigenvalue weighted by Crippen LogP contribution is -2.25. The van der Waals surface area contributed by atoms with Crippen molar-refractivity contribution < 1.29 is 9.84 Å². The lowest BCUT2D eigenvalue weighted by atomic mass is 10.1. The van der Waals surface area contributed by atoms with Gasteiger partial charge in [0.2, 0.25) is 0 Å². The van der Waals surface area contributed by atoms with E-state index in [1.807, 2.05) is 0 Å². The first-order valence-electron chi connectivity index (χ1n) is 7.91. The number of aliphatic hydroxyl groups excluding tert-OH is 1. The molecule has 0 radical (unpaired) electrons. The number of rotatable bonds is 6. The van der Waals surface area contributed by atoms with E-state index >= 15 is 0 Å². The number of nitrogens with one attached hydrogen (secondary N) is 1. The summed E-state index contributed by atoms with van der Waals surface area (Å²) in [6.45, 7) is 3.48. The molecule has 0 aliphatic carbocycles. The molecule has 10 heteroatoms. The second-order valence-electron chi connectivity index (χ2n) is 5.79. The predicted octanol–water partition coefficient (Wildman–Crippen LogP) is 0.143. The Balaban J connectivity index is 1.73. The van der Waals surface area contributed by atoms with E-state index in [2.05, 4.69) is 37.8 Å². The summed E-state index contributed by atoms with van der Waals surface area (Å²) in [7, 11) is 2.13. The van der Waals surface area contributed by atoms with Gasteiger partial charge in [0.05, 0.1) is 25.2 Å². The highest BCUT2D eigenvalue weighted by Crippen LogP contribution is 2.38. The average Bonchev–Trinajstić information content (AvgIpc) is 3.17. The third-order valence-corrected chi connectivity index (χ3v) is 5.29. The molecule has 0 fully saturated rings. The summed E-state index contributed by atoms with van der Waals surface area (Å²) in [5.41, 5.74) is 1.34. The van der Waals surface area contributed by atoms with Crippen LogP contribution in [-0.4, -0.2) is 75.0 Å². The molecule has 24 heavy (non-hydrogen) atoms. The first-order valence-corrected chi connectivity index (χ1v) is 8.73. The van der Waals surface area contributed by atoms with Gasteiger partial charge < -0.3 is 20.1 Å². The Hall–Kier alpha value is -1.88. The molecule has 128 valence electrons. The summed E-state index contributed by atoms with van der Waals surface area (Å²) in [5.74, 6) is 1.30. The summed E-state index contributed by atoms with van der Waals surface area (Å²) in [4.78, 5) is 9.28. The number of hydrogen-bond acceptors (Lipinski definition) is 9. The smallest absolute Gasteiger partial charge is 0.276 e. The second-order valence-corrected chi connectivity index (χ2v) is 6.87. The van der Waals surface area contributed by atoms with Gasteiger partial charge in [0.15, 0.2) is 0 Å². The second kappa shape index (κ2) is 6.55. The number of thiophene rings is 1. The van der Waals surface area contributed by atoms with Gasteiger partial charge in [-0.25, -0.2) is 0 Å². The third kappa shape index (κ3) is 2.71. The van der Waals surface area contributed by atoms with Gasteiger partial charge in [-0.05, 0) is 29.5 Å². The van der Waals surface area contributed by atoms with Crippen LogP contribution in [0.25, 0.3) is 16.0 Å². The number of aliphatic hydroxyl groups is 1. The van der Waals surface area contributed by atoms with Gasteiger partial charge in [-0.2, -0.15) is 9.50 Å². The van der Waals surface area contributed by atoms with Crippen molar-refractivity contribution in [3.8, 4) is 0 Å². The fourth-order valence-electron chi connectivity index (χ4n) is 2.99. The number of tetrazole rings is 1. The maximum atomic E-state index is 8.76. The van der Waals surface area contributed by atoms with Crippen molar-refractivity contribution in [1.29, 1.82) is 0 Å². The number of hydrogen-bond donors (Lipinski definition) is 2. The van der Waals surface area contributed by atoms with Gasteiger partial charge in [0.1, 0.15) is 10.6 Å². The molecule has 0 amide bonds. The number of ether oxygens (including phenoxy) is 1. The molecule has 1 aliphatic rings. The number of aromatic nitrogens is 5. The maximum Gasteiger partial charge on any atom is 0.276 e. The zero-order chi connectivity index (χ0) is 16.5. The molecule has 0 aromatic carbocycles. The van der Waals surface area contributed by atoms with E-state index in [-0.39, 0.29) is 6.61 Å². The zero-order valence-corrected chi connectivity index (χ0v) is 14.2. The normalized spacial score (nSPS) is 15.2. The van der Waals surface area contributed by atoms with Crippen LogP contribution < -0.4 is 5.32 Å². The number of nitrogens with zero attached hydrogens (tertiary/aromatic N) is 6. The summed E-state index contributed by atoms with van der Waals surface area (Å²) < 4.78 is 7.02. The van der Waals surface area contributed by atoms with Gasteiger partial charge >= 0.3 is 0 Å². The van der Waals surface area contributed by atoms with Gasteiger partial charge in [-0.3, -0.25) is 0 Å². The lowest BCUT2D eigenvalue weighted by molar-refractivity contribution is 0.0992. The van der Waals surface area contributed by atoms with Crippen LogP contribution in [-0.2, 0) is 17.7 Å². The molecule has 0 bridgehead atoms. The Kier molecular flexibility index (Phi) is 4.27. The van der Waals surface area contributed by atoms with Crippen molar-refractivity contribution in [3.05, 3.63) is 10.4 Å². The van der Waals surface area contributed by atoms with Crippen molar-refractivity contribution in [1.82, 2.24) is 29.9 Å². The summed E-state index contributed by atoms with van der Waals surface area (Å²) in [6, 6.07) is 0. The van der Waals surface area contributed by atoms with Gasteiger partial charge in [0.25, 0.3) is 5.78 Å². The molecule has 3 aromatic rings. The highest BCUT2D eigenvalue weighted by atomic mass is 32.1. The van der Waals surface area contributed by atoms with E-state index in [1.54, 1.807) is 15.9 Å². The largest absolute Gasteiger partial charge is 0.394 e. The lowest BCUT2D eigenvalue weighted by Gasteiger charge is -2.22. The Morgan fingerprint density at radius 2 is 2.29 bits per heavy atom. The summed E-state index contributed by atoms with van der Waals surface area (Å²) in [5, 5.41) is 25.0. The van der Waals surface area contributed by atoms with E-state index in [0.29, 0.717) is 25.5 Å². The van der Waals surface area contributed by atoms with Gasteiger partial charge in [-0.1, -0.05) is 5.10 Å². The highest BCUT2D eigenvalue weighted by Gasteiger charge is 2.24. The maximum absolute atomic E-state index is 8.76. The van der Waals surface area contributed by atoms with Crippen LogP contribution in [0.1, 0.15) is 10.4 Å². The SMILES string of the molecule is CN1CCc2c(sc3c2c(NCCOCCO)nc2nnnn23)C1. The van der Waals surface area contributed by atoms with Gasteiger partial charge in [0, 0.05) is 24.5 Å². The fraction of sp³-hybridized carbons (Fsp3) is 0.571. The molecule has 9 nitrogen and oxygen atoms in total. The van der Waals surface area contributed by atoms with Crippen molar-refractivity contribution in [2.45, 2.75) is 13.0 Å². The molecule has 1 aliphatic heterocycles. The zero-order valence-electron chi connectivity index (χ0n) is 13.4. The highest BCUT2D eigenvalue weighted by molar-refractivity contribution is 7.19. The molecule has 0 unspecified atom stereocenters. The van der Waals surface area contributed by atoms with Crippen LogP contribution in [0.15, 0.2) is 0 Å². The van der Waals surface area contributed by atoms with Crippen LogP contribution in [0, 0.1) is 0 Å². The quantitative estimate of drug-likeness (QED) is 0.606. The van der Waals surface area contributed by atoms with E-state index in [1.165, 1.54) is 10.4 Å². The molecule has 0 atom stereocenters. The van der Waals surface area contributed by atoms with Crippen LogP contribution in [0.3, 0.4) is 0 Å². The minimum absolute atomic E-state index is 0.0332. The predicted molar refractivity (Wildman–Crippen MR) is 90.4 cm³/mol. The van der Waals surface area contributed by atoms with Crippen molar-refractivity contribution in [3.63, 3.8) is 0 Å². The summed E-state index contributed by atoms with van der Waals surface area (Å²) >= 11 is 1.73. The summed E-state index contributed by atoms with van der Waals surface area (Å²) in [6.07, 6.45) is 0.997. The number of fused-ring (bicyclic) bond motifs is 5. The number of likely N-dealkylation sites (N-methyl/N-ethyl adjacent to an activating group) is 1. The van der Waals surface area contributed by atoms with Crippen molar-refractivity contribution in [2.24, 2.45) is 0 Å². The monoisotopic (exact) mass is 349 g/mol. The molecule has 4 heterocycles. The molecule has 3 aromatic heterocycles.